The van der Waals surface area contributed by atoms with Crippen LogP contribution in [0.4, 0.5) is 4.39 Å². The Balaban J connectivity index is 2.42. The lowest BCUT2D eigenvalue weighted by Gasteiger charge is -2.17. The van der Waals surface area contributed by atoms with E-state index in [1.165, 1.54) is 12.1 Å². The zero-order valence-corrected chi connectivity index (χ0v) is 9.05. The number of nitriles is 1. The maximum atomic E-state index is 12.8. The molecule has 0 spiro atoms. The second-order valence-corrected chi connectivity index (χ2v) is 4.04. The van der Waals surface area contributed by atoms with Crippen molar-refractivity contribution in [3.8, 4) is 6.07 Å². The van der Waals surface area contributed by atoms with E-state index < -0.39 is 5.54 Å². The molecule has 0 saturated heterocycles. The van der Waals surface area contributed by atoms with Crippen LogP contribution in [-0.2, 0) is 6.42 Å². The summed E-state index contributed by atoms with van der Waals surface area (Å²) >= 11 is 0. The van der Waals surface area contributed by atoms with Crippen LogP contribution >= 0.6 is 0 Å². The Kier molecular flexibility index (Phi) is 3.81. The van der Waals surface area contributed by atoms with Crippen molar-refractivity contribution < 1.29 is 4.39 Å². The number of hydrogen-bond acceptors (Lipinski definition) is 2. The first kappa shape index (κ1) is 11.7. The third-order valence-electron chi connectivity index (χ3n) is 2.15. The van der Waals surface area contributed by atoms with Gasteiger partial charge in [0.25, 0.3) is 0 Å². The summed E-state index contributed by atoms with van der Waals surface area (Å²) < 4.78 is 12.8. The first-order chi connectivity index (χ1) is 7.03. The number of benzene rings is 1. The third-order valence-corrected chi connectivity index (χ3v) is 2.15. The van der Waals surface area contributed by atoms with Crippen LogP contribution in [0.5, 0.6) is 0 Å². The average Bonchev–Trinajstić information content (AvgIpc) is 2.18. The van der Waals surface area contributed by atoms with Gasteiger partial charge in [0.2, 0.25) is 0 Å². The quantitative estimate of drug-likeness (QED) is 0.820. The summed E-state index contributed by atoms with van der Waals surface area (Å²) in [5, 5.41) is 11.9. The molecule has 3 heteroatoms. The summed E-state index contributed by atoms with van der Waals surface area (Å²) in [7, 11) is 0. The van der Waals surface area contributed by atoms with Gasteiger partial charge in [0.05, 0.1) is 6.07 Å². The molecule has 80 valence electrons. The van der Waals surface area contributed by atoms with Crippen LogP contribution in [0.25, 0.3) is 0 Å². The van der Waals surface area contributed by atoms with Crippen molar-refractivity contribution in [2.45, 2.75) is 25.8 Å². The molecule has 0 unspecified atom stereocenters. The Labute approximate surface area is 89.7 Å². The Morgan fingerprint density at radius 3 is 2.80 bits per heavy atom. The number of nitrogens with one attached hydrogen (secondary N) is 1. The van der Waals surface area contributed by atoms with Crippen LogP contribution in [0, 0.1) is 17.1 Å². The maximum Gasteiger partial charge on any atom is 0.123 e. The van der Waals surface area contributed by atoms with Crippen LogP contribution in [0.3, 0.4) is 0 Å². The van der Waals surface area contributed by atoms with E-state index in [0.717, 1.165) is 12.0 Å². The highest BCUT2D eigenvalue weighted by Crippen LogP contribution is 2.05. The fourth-order valence-corrected chi connectivity index (χ4v) is 1.25. The molecule has 1 N–H and O–H groups in total. The van der Waals surface area contributed by atoms with Gasteiger partial charge in [0, 0.05) is 6.54 Å². The summed E-state index contributed by atoms with van der Waals surface area (Å²) in [5.74, 6) is -0.216. The van der Waals surface area contributed by atoms with Crippen molar-refractivity contribution in [2.24, 2.45) is 0 Å². The van der Waals surface area contributed by atoms with Gasteiger partial charge in [-0.2, -0.15) is 5.26 Å². The molecule has 0 aliphatic carbocycles. The molecule has 0 atom stereocenters. The fourth-order valence-electron chi connectivity index (χ4n) is 1.25. The van der Waals surface area contributed by atoms with E-state index in [1.807, 2.05) is 19.9 Å². The van der Waals surface area contributed by atoms with E-state index >= 15 is 0 Å². The van der Waals surface area contributed by atoms with E-state index in [-0.39, 0.29) is 5.82 Å². The topological polar surface area (TPSA) is 35.8 Å². The van der Waals surface area contributed by atoms with Crippen molar-refractivity contribution in [1.82, 2.24) is 5.32 Å². The normalized spacial score (nSPS) is 11.1. The molecule has 0 saturated carbocycles. The highest BCUT2D eigenvalue weighted by atomic mass is 19.1. The van der Waals surface area contributed by atoms with Gasteiger partial charge in [-0.25, -0.2) is 4.39 Å². The van der Waals surface area contributed by atoms with Crippen LogP contribution in [0.1, 0.15) is 19.4 Å². The fraction of sp³-hybridized carbons (Fsp3) is 0.417. The number of hydrogen-bond donors (Lipinski definition) is 1. The van der Waals surface area contributed by atoms with Gasteiger partial charge in [-0.1, -0.05) is 12.1 Å². The number of halogens is 1. The molecule has 15 heavy (non-hydrogen) atoms. The SMILES string of the molecule is CC(C)(C#N)NCCc1cccc(F)c1. The molecular formula is C12H15FN2. The lowest BCUT2D eigenvalue weighted by atomic mass is 10.1. The molecule has 0 fully saturated rings. The number of nitrogens with zero attached hydrogens (tertiary/aromatic N) is 1. The molecule has 1 aromatic carbocycles. The first-order valence-corrected chi connectivity index (χ1v) is 4.94. The molecule has 0 aliphatic rings. The van der Waals surface area contributed by atoms with Crippen molar-refractivity contribution in [3.63, 3.8) is 0 Å². The largest absolute Gasteiger partial charge is 0.300 e. The van der Waals surface area contributed by atoms with E-state index in [2.05, 4.69) is 11.4 Å². The third kappa shape index (κ3) is 4.09. The smallest absolute Gasteiger partial charge is 0.123 e. The summed E-state index contributed by atoms with van der Waals surface area (Å²) in [6.07, 6.45) is 0.725. The molecule has 0 amide bonds. The second-order valence-electron chi connectivity index (χ2n) is 4.04. The highest BCUT2D eigenvalue weighted by Gasteiger charge is 2.14. The Morgan fingerprint density at radius 2 is 2.20 bits per heavy atom. The van der Waals surface area contributed by atoms with Gasteiger partial charge < -0.3 is 0 Å². The Bertz CT molecular complexity index is 366. The molecular weight excluding hydrogens is 191 g/mol. The van der Waals surface area contributed by atoms with Crippen molar-refractivity contribution >= 4 is 0 Å². The molecule has 0 radical (unpaired) electrons. The molecule has 0 bridgehead atoms. The Hall–Kier alpha value is -1.40. The minimum Gasteiger partial charge on any atom is -0.300 e. The van der Waals surface area contributed by atoms with Gasteiger partial charge in [-0.05, 0) is 38.0 Å². The van der Waals surface area contributed by atoms with E-state index in [9.17, 15) is 4.39 Å². The number of rotatable bonds is 4. The summed E-state index contributed by atoms with van der Waals surface area (Å²) in [6.45, 7) is 4.31. The van der Waals surface area contributed by atoms with Crippen molar-refractivity contribution in [3.05, 3.63) is 35.6 Å². The molecule has 0 aliphatic heterocycles. The van der Waals surface area contributed by atoms with Gasteiger partial charge in [-0.15, -0.1) is 0 Å². The predicted molar refractivity (Wildman–Crippen MR) is 57.8 cm³/mol. The average molecular weight is 206 g/mol. The minimum atomic E-state index is -0.521. The van der Waals surface area contributed by atoms with Gasteiger partial charge in [-0.3, -0.25) is 5.32 Å². The van der Waals surface area contributed by atoms with E-state index in [1.54, 1.807) is 6.07 Å². The molecule has 0 aromatic heterocycles. The highest BCUT2D eigenvalue weighted by molar-refractivity contribution is 5.16. The zero-order chi connectivity index (χ0) is 11.3. The summed E-state index contributed by atoms with van der Waals surface area (Å²) in [6, 6.07) is 8.67. The standard InChI is InChI=1S/C12H15FN2/c1-12(2,9-14)15-7-6-10-4-3-5-11(13)8-10/h3-5,8,15H,6-7H2,1-2H3. The lowest BCUT2D eigenvalue weighted by molar-refractivity contribution is 0.489. The summed E-state index contributed by atoms with van der Waals surface area (Å²) in [4.78, 5) is 0. The second kappa shape index (κ2) is 4.90. The molecule has 1 aromatic rings. The van der Waals surface area contributed by atoms with Crippen LogP contribution < -0.4 is 5.32 Å². The molecule has 1 rings (SSSR count). The van der Waals surface area contributed by atoms with Crippen molar-refractivity contribution in [2.75, 3.05) is 6.54 Å². The molecule has 2 nitrogen and oxygen atoms in total. The van der Waals surface area contributed by atoms with Gasteiger partial charge in [0.15, 0.2) is 0 Å². The van der Waals surface area contributed by atoms with Crippen LogP contribution in [0.2, 0.25) is 0 Å². The zero-order valence-electron chi connectivity index (χ0n) is 9.05. The summed E-state index contributed by atoms with van der Waals surface area (Å²) in [5.41, 5.74) is 0.420. The molecule has 0 heterocycles. The van der Waals surface area contributed by atoms with Crippen molar-refractivity contribution in [1.29, 1.82) is 5.26 Å². The first-order valence-electron chi connectivity index (χ1n) is 4.94. The van der Waals surface area contributed by atoms with Crippen LogP contribution in [-0.4, -0.2) is 12.1 Å². The Morgan fingerprint density at radius 1 is 1.47 bits per heavy atom. The monoisotopic (exact) mass is 206 g/mol. The van der Waals surface area contributed by atoms with E-state index in [4.69, 9.17) is 5.26 Å². The lowest BCUT2D eigenvalue weighted by Crippen LogP contribution is -2.38. The van der Waals surface area contributed by atoms with Gasteiger partial charge in [0.1, 0.15) is 11.4 Å². The minimum absolute atomic E-state index is 0.216. The van der Waals surface area contributed by atoms with Crippen LogP contribution in [0.15, 0.2) is 24.3 Å². The van der Waals surface area contributed by atoms with E-state index in [0.29, 0.717) is 6.54 Å². The van der Waals surface area contributed by atoms with Gasteiger partial charge >= 0.3 is 0 Å². The predicted octanol–water partition coefficient (Wildman–Crippen LogP) is 2.26. The maximum absolute atomic E-state index is 12.8.